The van der Waals surface area contributed by atoms with Gasteiger partial charge in [-0.2, -0.15) is 5.10 Å². The van der Waals surface area contributed by atoms with E-state index in [9.17, 15) is 4.79 Å². The number of fused-ring (bicyclic) bond motifs is 1. The van der Waals surface area contributed by atoms with Gasteiger partial charge in [-0.15, -0.1) is 0 Å². The minimum absolute atomic E-state index is 0.0243. The third-order valence-corrected chi connectivity index (χ3v) is 5.75. The Hall–Kier alpha value is -3.16. The lowest BCUT2D eigenvalue weighted by Crippen LogP contribution is -2.42. The van der Waals surface area contributed by atoms with E-state index in [0.29, 0.717) is 13.1 Å². The number of rotatable bonds is 4. The Morgan fingerprint density at radius 2 is 1.87 bits per heavy atom. The van der Waals surface area contributed by atoms with Crippen LogP contribution >= 0.6 is 0 Å². The van der Waals surface area contributed by atoms with Crippen LogP contribution in [0.15, 0.2) is 24.3 Å². The highest BCUT2D eigenvalue weighted by molar-refractivity contribution is 5.91. The zero-order valence-corrected chi connectivity index (χ0v) is 18.9. The Morgan fingerprint density at radius 3 is 2.65 bits per heavy atom. The fourth-order valence-electron chi connectivity index (χ4n) is 4.14. The molecule has 1 N–H and O–H groups in total. The number of anilines is 1. The maximum atomic E-state index is 12.4. The van der Waals surface area contributed by atoms with Gasteiger partial charge in [-0.05, 0) is 45.2 Å². The van der Waals surface area contributed by atoms with Gasteiger partial charge in [-0.25, -0.2) is 19.4 Å². The number of carbonyl (C=O) groups is 1. The quantitative estimate of drug-likeness (QED) is 0.699. The van der Waals surface area contributed by atoms with Gasteiger partial charge in [-0.3, -0.25) is 0 Å². The predicted molar refractivity (Wildman–Crippen MR) is 123 cm³/mol. The van der Waals surface area contributed by atoms with Crippen molar-refractivity contribution in [2.75, 3.05) is 37.6 Å². The first-order valence-corrected chi connectivity index (χ1v) is 11.1. The van der Waals surface area contributed by atoms with E-state index in [1.807, 2.05) is 35.6 Å². The van der Waals surface area contributed by atoms with E-state index in [1.165, 1.54) is 0 Å². The normalized spacial score (nSPS) is 14.7. The molecule has 1 aromatic carbocycles. The molecule has 0 saturated carbocycles. The van der Waals surface area contributed by atoms with Crippen LogP contribution in [0.5, 0.6) is 0 Å². The molecule has 0 bridgehead atoms. The van der Waals surface area contributed by atoms with Crippen LogP contribution in [0.4, 0.5) is 10.6 Å². The minimum atomic E-state index is 0.0243. The van der Waals surface area contributed by atoms with Crippen LogP contribution in [0, 0.1) is 20.8 Å². The van der Waals surface area contributed by atoms with E-state index in [2.05, 4.69) is 36.2 Å². The molecule has 1 saturated heterocycles. The fourth-order valence-corrected chi connectivity index (χ4v) is 4.14. The molecule has 1 fully saturated rings. The van der Waals surface area contributed by atoms with E-state index < -0.39 is 0 Å². The molecule has 1 aliphatic rings. The molecule has 0 unspecified atom stereocenters. The van der Waals surface area contributed by atoms with E-state index in [-0.39, 0.29) is 6.03 Å². The maximum Gasteiger partial charge on any atom is 0.317 e. The van der Waals surface area contributed by atoms with Gasteiger partial charge in [0.2, 0.25) is 0 Å². The van der Waals surface area contributed by atoms with Crippen LogP contribution in [0.2, 0.25) is 0 Å². The smallest absolute Gasteiger partial charge is 0.317 e. The lowest BCUT2D eigenvalue weighted by molar-refractivity contribution is 0.201. The number of amides is 2. The lowest BCUT2D eigenvalue weighted by Gasteiger charge is -2.24. The van der Waals surface area contributed by atoms with Gasteiger partial charge in [0.15, 0.2) is 5.65 Å². The zero-order valence-electron chi connectivity index (χ0n) is 18.9. The number of urea groups is 1. The Kier molecular flexibility index (Phi) is 6.06. The number of para-hydroxylation sites is 1. The third kappa shape index (κ3) is 4.19. The molecule has 8 nitrogen and oxygen atoms in total. The SMILES string of the molecule is CCCNC(=O)N1CCCN(c2nc(C)nc3c2c(C)nn3-c2ccccc2C)CC1. The molecule has 164 valence electrons. The molecule has 4 rings (SSSR count). The maximum absolute atomic E-state index is 12.4. The molecule has 3 heterocycles. The van der Waals surface area contributed by atoms with Crippen molar-refractivity contribution in [3.05, 3.63) is 41.3 Å². The summed E-state index contributed by atoms with van der Waals surface area (Å²) in [4.78, 5) is 26.2. The van der Waals surface area contributed by atoms with Gasteiger partial charge in [0, 0.05) is 32.7 Å². The molecule has 0 atom stereocenters. The van der Waals surface area contributed by atoms with Crippen LogP contribution in [0.1, 0.15) is 36.8 Å². The second-order valence-electron chi connectivity index (χ2n) is 8.14. The van der Waals surface area contributed by atoms with Gasteiger partial charge >= 0.3 is 6.03 Å². The molecule has 2 aromatic heterocycles. The molecule has 0 aliphatic carbocycles. The fraction of sp³-hybridized carbons (Fsp3) is 0.478. The van der Waals surface area contributed by atoms with Crippen molar-refractivity contribution in [2.24, 2.45) is 0 Å². The first-order valence-electron chi connectivity index (χ1n) is 11.1. The molecular weight excluding hydrogens is 390 g/mol. The summed E-state index contributed by atoms with van der Waals surface area (Å²) in [7, 11) is 0. The number of nitrogens with zero attached hydrogens (tertiary/aromatic N) is 6. The lowest BCUT2D eigenvalue weighted by atomic mass is 10.2. The number of nitrogens with one attached hydrogen (secondary N) is 1. The van der Waals surface area contributed by atoms with Crippen molar-refractivity contribution in [1.82, 2.24) is 30.0 Å². The monoisotopic (exact) mass is 421 g/mol. The second kappa shape index (κ2) is 8.91. The summed E-state index contributed by atoms with van der Waals surface area (Å²) in [5.41, 5.74) is 3.92. The standard InChI is InChI=1S/C23H31N7O/c1-5-11-24-23(31)29-13-8-12-28(14-15-29)21-20-17(3)27-30(22(20)26-18(4)25-21)19-10-7-6-9-16(19)2/h6-7,9-10H,5,8,11-15H2,1-4H3,(H,24,31). The Morgan fingerprint density at radius 1 is 1.06 bits per heavy atom. The summed E-state index contributed by atoms with van der Waals surface area (Å²) in [6.45, 7) is 11.8. The van der Waals surface area contributed by atoms with Crippen molar-refractivity contribution in [2.45, 2.75) is 40.5 Å². The Balaban J connectivity index is 1.69. The van der Waals surface area contributed by atoms with Crippen molar-refractivity contribution >= 4 is 22.9 Å². The molecule has 1 aliphatic heterocycles. The molecule has 2 amide bonds. The van der Waals surface area contributed by atoms with E-state index in [0.717, 1.165) is 72.1 Å². The van der Waals surface area contributed by atoms with Gasteiger partial charge < -0.3 is 15.1 Å². The van der Waals surface area contributed by atoms with Gasteiger partial charge in [0.1, 0.15) is 11.6 Å². The highest BCUT2D eigenvalue weighted by Crippen LogP contribution is 2.30. The summed E-state index contributed by atoms with van der Waals surface area (Å²) in [6.07, 6.45) is 1.84. The highest BCUT2D eigenvalue weighted by atomic mass is 16.2. The number of hydrogen-bond donors (Lipinski definition) is 1. The highest BCUT2D eigenvalue weighted by Gasteiger charge is 2.24. The number of carbonyl (C=O) groups excluding carboxylic acids is 1. The Bertz CT molecular complexity index is 1090. The van der Waals surface area contributed by atoms with Crippen LogP contribution in [-0.2, 0) is 0 Å². The number of benzene rings is 1. The van der Waals surface area contributed by atoms with E-state index in [1.54, 1.807) is 0 Å². The summed E-state index contributed by atoms with van der Waals surface area (Å²) in [5, 5.41) is 8.80. The predicted octanol–water partition coefficient (Wildman–Crippen LogP) is 3.37. The van der Waals surface area contributed by atoms with Gasteiger partial charge in [0.25, 0.3) is 0 Å². The number of aromatic nitrogens is 4. The summed E-state index contributed by atoms with van der Waals surface area (Å²) in [5.74, 6) is 1.63. The van der Waals surface area contributed by atoms with Crippen LogP contribution in [-0.4, -0.2) is 63.4 Å². The van der Waals surface area contributed by atoms with Crippen LogP contribution in [0.3, 0.4) is 0 Å². The minimum Gasteiger partial charge on any atom is -0.354 e. The van der Waals surface area contributed by atoms with Crippen molar-refractivity contribution < 1.29 is 4.79 Å². The van der Waals surface area contributed by atoms with Crippen LogP contribution < -0.4 is 10.2 Å². The summed E-state index contributed by atoms with van der Waals surface area (Å²) in [6, 6.07) is 8.23. The van der Waals surface area contributed by atoms with Crippen molar-refractivity contribution in [1.29, 1.82) is 0 Å². The first kappa shape index (κ1) is 21.1. The van der Waals surface area contributed by atoms with E-state index >= 15 is 0 Å². The topological polar surface area (TPSA) is 79.2 Å². The van der Waals surface area contributed by atoms with Crippen molar-refractivity contribution in [3.8, 4) is 5.69 Å². The third-order valence-electron chi connectivity index (χ3n) is 5.75. The van der Waals surface area contributed by atoms with Crippen molar-refractivity contribution in [3.63, 3.8) is 0 Å². The zero-order chi connectivity index (χ0) is 22.0. The molecule has 3 aromatic rings. The Labute approximate surface area is 183 Å². The largest absolute Gasteiger partial charge is 0.354 e. The van der Waals surface area contributed by atoms with Gasteiger partial charge in [-0.1, -0.05) is 25.1 Å². The van der Waals surface area contributed by atoms with E-state index in [4.69, 9.17) is 15.1 Å². The molecule has 8 heteroatoms. The number of hydrogen-bond acceptors (Lipinski definition) is 5. The molecule has 0 radical (unpaired) electrons. The summed E-state index contributed by atoms with van der Waals surface area (Å²) < 4.78 is 1.93. The summed E-state index contributed by atoms with van der Waals surface area (Å²) >= 11 is 0. The second-order valence-corrected chi connectivity index (χ2v) is 8.14. The molecule has 31 heavy (non-hydrogen) atoms. The first-order chi connectivity index (χ1) is 15.0. The van der Waals surface area contributed by atoms with Crippen LogP contribution in [0.25, 0.3) is 16.7 Å². The molecular formula is C23H31N7O. The van der Waals surface area contributed by atoms with Gasteiger partial charge in [0.05, 0.1) is 16.8 Å². The molecule has 0 spiro atoms. The average Bonchev–Trinajstić information content (AvgIpc) is 2.93. The number of aryl methyl sites for hydroxylation is 3. The average molecular weight is 422 g/mol.